The van der Waals surface area contributed by atoms with Crippen LogP contribution in [0.3, 0.4) is 0 Å². The Morgan fingerprint density at radius 1 is 1.20 bits per heavy atom. The molecular formula is C11H21NO3. The minimum Gasteiger partial charge on any atom is -0.418 e. The van der Waals surface area contributed by atoms with Crippen molar-refractivity contribution in [3.05, 3.63) is 12.3 Å². The Hall–Kier alpha value is -1.03. The summed E-state index contributed by atoms with van der Waals surface area (Å²) in [6, 6.07) is 0.190. The lowest BCUT2D eigenvalue weighted by Crippen LogP contribution is -2.41. The number of carbonyl (C=O) groups is 1. The van der Waals surface area contributed by atoms with E-state index in [1.165, 1.54) is 12.3 Å². The van der Waals surface area contributed by atoms with Crippen molar-refractivity contribution in [2.24, 2.45) is 0 Å². The first kappa shape index (κ1) is 14.0. The van der Waals surface area contributed by atoms with Crippen molar-refractivity contribution in [2.75, 3.05) is 0 Å². The molecule has 0 fully saturated rings. The average molecular weight is 215 g/mol. The number of carbonyl (C=O) groups excluding carboxylic acids is 1. The second-order valence-corrected chi connectivity index (χ2v) is 4.05. The summed E-state index contributed by atoms with van der Waals surface area (Å²) in [5.41, 5.74) is 0. The summed E-state index contributed by atoms with van der Waals surface area (Å²) < 4.78 is 4.88. The van der Waals surface area contributed by atoms with Crippen LogP contribution >= 0.6 is 0 Å². The summed E-state index contributed by atoms with van der Waals surface area (Å²) in [6.07, 6.45) is 1.64. The molecule has 1 unspecified atom stereocenters. The first-order chi connectivity index (χ1) is 6.86. The number of hydrogen-bond donors (Lipinski definition) is 1. The van der Waals surface area contributed by atoms with E-state index in [0.717, 1.165) is 0 Å². The van der Waals surface area contributed by atoms with Gasteiger partial charge in [-0.2, -0.15) is 0 Å². The van der Waals surface area contributed by atoms with Gasteiger partial charge in [-0.15, -0.1) is 0 Å². The van der Waals surface area contributed by atoms with Crippen LogP contribution < -0.4 is 0 Å². The van der Waals surface area contributed by atoms with Gasteiger partial charge in [0.05, 0.1) is 12.4 Å². The van der Waals surface area contributed by atoms with Gasteiger partial charge in [0.15, 0.2) is 0 Å². The number of ether oxygens (including phenoxy) is 1. The molecule has 0 aromatic heterocycles. The van der Waals surface area contributed by atoms with Crippen LogP contribution in [0.5, 0.6) is 0 Å². The number of nitrogens with zero attached hydrogens (tertiary/aromatic N) is 1. The largest absolute Gasteiger partial charge is 0.418 e. The topological polar surface area (TPSA) is 49.8 Å². The highest BCUT2D eigenvalue weighted by Gasteiger charge is 2.20. The molecule has 0 spiro atoms. The predicted molar refractivity (Wildman–Crippen MR) is 59.4 cm³/mol. The van der Waals surface area contributed by atoms with E-state index < -0.39 is 12.2 Å². The summed E-state index contributed by atoms with van der Waals surface area (Å²) in [4.78, 5) is 13.2. The number of amides is 1. The van der Waals surface area contributed by atoms with Gasteiger partial charge >= 0.3 is 6.09 Å². The smallest absolute Gasteiger partial charge is 0.415 e. The molecule has 1 N–H and O–H groups in total. The molecule has 0 aromatic carbocycles. The Bertz CT molecular complexity index is 214. The minimum atomic E-state index is -0.607. The first-order valence-corrected chi connectivity index (χ1v) is 5.20. The number of rotatable bonds is 4. The van der Waals surface area contributed by atoms with E-state index >= 15 is 0 Å². The average Bonchev–Trinajstić information content (AvgIpc) is 2.01. The fourth-order valence-electron chi connectivity index (χ4n) is 1.29. The lowest BCUT2D eigenvalue weighted by atomic mass is 10.2. The van der Waals surface area contributed by atoms with Crippen molar-refractivity contribution in [1.82, 2.24) is 4.90 Å². The van der Waals surface area contributed by atoms with Gasteiger partial charge in [0, 0.05) is 12.1 Å². The lowest BCUT2D eigenvalue weighted by molar-refractivity contribution is 0.108. The molecule has 0 heterocycles. The predicted octanol–water partition coefficient (Wildman–Crippen LogP) is 2.14. The van der Waals surface area contributed by atoms with Crippen LogP contribution in [0.15, 0.2) is 12.3 Å². The molecule has 15 heavy (non-hydrogen) atoms. The summed E-state index contributed by atoms with van der Waals surface area (Å²) in [6.45, 7) is 9.31. The third kappa shape index (κ3) is 5.42. The lowest BCUT2D eigenvalue weighted by Gasteiger charge is -2.28. The summed E-state index contributed by atoms with van der Waals surface area (Å²) in [5, 5.41) is 8.93. The van der Waals surface area contributed by atoms with Crippen molar-refractivity contribution in [1.29, 1.82) is 0 Å². The van der Waals surface area contributed by atoms with Gasteiger partial charge in [0.1, 0.15) is 0 Å². The van der Waals surface area contributed by atoms with Crippen LogP contribution in [-0.4, -0.2) is 34.3 Å². The van der Waals surface area contributed by atoms with Crippen molar-refractivity contribution in [3.63, 3.8) is 0 Å². The Morgan fingerprint density at radius 3 is 2.00 bits per heavy atom. The maximum atomic E-state index is 11.6. The highest BCUT2D eigenvalue weighted by molar-refractivity contribution is 5.68. The number of aliphatic hydroxyl groups excluding tert-OH is 1. The van der Waals surface area contributed by atoms with Crippen molar-refractivity contribution >= 4 is 6.09 Å². The summed E-state index contributed by atoms with van der Waals surface area (Å²) >= 11 is 0. The van der Waals surface area contributed by atoms with Gasteiger partial charge < -0.3 is 14.7 Å². The Kier molecular flexibility index (Phi) is 6.01. The molecule has 88 valence electrons. The van der Waals surface area contributed by atoms with Crippen LogP contribution in [0.4, 0.5) is 4.79 Å². The normalized spacial score (nSPS) is 13.6. The second kappa shape index (κ2) is 6.45. The highest BCUT2D eigenvalue weighted by atomic mass is 16.5. The Labute approximate surface area is 91.5 Å². The zero-order valence-electron chi connectivity index (χ0n) is 10.1. The molecule has 0 aromatic rings. The molecule has 0 aliphatic carbocycles. The second-order valence-electron chi connectivity index (χ2n) is 4.05. The quantitative estimate of drug-likeness (QED) is 0.731. The van der Waals surface area contributed by atoms with Gasteiger partial charge in [-0.05, 0) is 40.7 Å². The van der Waals surface area contributed by atoms with Gasteiger partial charge in [-0.25, -0.2) is 4.79 Å². The van der Waals surface area contributed by atoms with Crippen LogP contribution in [-0.2, 0) is 4.74 Å². The van der Waals surface area contributed by atoms with E-state index in [0.29, 0.717) is 0 Å². The highest BCUT2D eigenvalue weighted by Crippen LogP contribution is 2.07. The van der Waals surface area contributed by atoms with Crippen molar-refractivity contribution in [3.8, 4) is 0 Å². The van der Waals surface area contributed by atoms with Crippen LogP contribution in [0.2, 0.25) is 0 Å². The SMILES string of the molecule is CC(O)/C=C/OC(=O)N(C(C)C)C(C)C. The van der Waals surface area contributed by atoms with Crippen LogP contribution in [0.25, 0.3) is 0 Å². The van der Waals surface area contributed by atoms with Crippen molar-refractivity contribution < 1.29 is 14.6 Å². The minimum absolute atomic E-state index is 0.0949. The van der Waals surface area contributed by atoms with Gasteiger partial charge in [0.25, 0.3) is 0 Å². The number of hydrogen-bond acceptors (Lipinski definition) is 3. The molecule has 0 aliphatic heterocycles. The molecule has 1 atom stereocenters. The zero-order chi connectivity index (χ0) is 12.0. The number of aliphatic hydroxyl groups is 1. The molecule has 0 saturated heterocycles. The van der Waals surface area contributed by atoms with Gasteiger partial charge in [-0.1, -0.05) is 0 Å². The third-order valence-electron chi connectivity index (χ3n) is 1.85. The first-order valence-electron chi connectivity index (χ1n) is 5.20. The molecule has 0 bridgehead atoms. The summed E-state index contributed by atoms with van der Waals surface area (Å²) in [5.74, 6) is 0. The third-order valence-corrected chi connectivity index (χ3v) is 1.85. The molecule has 0 saturated carbocycles. The van der Waals surface area contributed by atoms with E-state index in [2.05, 4.69) is 0 Å². The van der Waals surface area contributed by atoms with Gasteiger partial charge in [-0.3, -0.25) is 0 Å². The van der Waals surface area contributed by atoms with E-state index in [4.69, 9.17) is 9.84 Å². The fourth-order valence-corrected chi connectivity index (χ4v) is 1.29. The Morgan fingerprint density at radius 2 is 1.67 bits per heavy atom. The molecular weight excluding hydrogens is 194 g/mol. The molecule has 4 nitrogen and oxygen atoms in total. The van der Waals surface area contributed by atoms with E-state index in [-0.39, 0.29) is 12.1 Å². The molecule has 4 heteroatoms. The maximum absolute atomic E-state index is 11.6. The fraction of sp³-hybridized carbons (Fsp3) is 0.727. The molecule has 0 aliphatic rings. The van der Waals surface area contributed by atoms with Crippen molar-refractivity contribution in [2.45, 2.75) is 52.8 Å². The molecule has 1 amide bonds. The maximum Gasteiger partial charge on any atom is 0.415 e. The molecule has 0 radical (unpaired) electrons. The monoisotopic (exact) mass is 215 g/mol. The van der Waals surface area contributed by atoms with E-state index in [1.807, 2.05) is 27.7 Å². The standard InChI is InChI=1S/C11H21NO3/c1-8(2)12(9(3)4)11(14)15-7-6-10(5)13/h6-10,13H,1-5H3/b7-6+. The van der Waals surface area contributed by atoms with E-state index in [9.17, 15) is 4.79 Å². The van der Waals surface area contributed by atoms with Crippen LogP contribution in [0, 0.1) is 0 Å². The zero-order valence-corrected chi connectivity index (χ0v) is 10.1. The molecule has 0 rings (SSSR count). The Balaban J connectivity index is 4.28. The van der Waals surface area contributed by atoms with E-state index in [1.54, 1.807) is 11.8 Å². The van der Waals surface area contributed by atoms with Crippen LogP contribution in [0.1, 0.15) is 34.6 Å². The summed E-state index contributed by atoms with van der Waals surface area (Å²) in [7, 11) is 0. The van der Waals surface area contributed by atoms with Gasteiger partial charge in [0.2, 0.25) is 0 Å².